The first kappa shape index (κ1) is 16.9. The van der Waals surface area contributed by atoms with Gasteiger partial charge in [0, 0.05) is 17.6 Å². The Morgan fingerprint density at radius 2 is 2.11 bits per heavy atom. The highest BCUT2D eigenvalue weighted by molar-refractivity contribution is 14.1. The van der Waals surface area contributed by atoms with E-state index >= 15 is 0 Å². The second kappa shape index (κ2) is 6.51. The average Bonchev–Trinajstić information content (AvgIpc) is 2.52. The lowest BCUT2D eigenvalue weighted by atomic mass is 10.0. The molecule has 0 aromatic heterocycles. The number of ether oxygens (including phenoxy) is 1. The van der Waals surface area contributed by atoms with Gasteiger partial charge in [-0.3, -0.25) is 14.5 Å². The fourth-order valence-corrected chi connectivity index (χ4v) is 2.86. The van der Waals surface area contributed by atoms with E-state index in [2.05, 4.69) is 22.6 Å². The Hall–Kier alpha value is -0.180. The molecule has 0 spiro atoms. The summed E-state index contributed by atoms with van der Waals surface area (Å²) in [6.45, 7) is 4.35. The molecule has 1 N–H and O–H groups in total. The molecule has 1 saturated heterocycles. The molecule has 0 aliphatic carbocycles. The first-order chi connectivity index (χ1) is 8.71. The maximum atomic E-state index is 11.7. The molecule has 1 fully saturated rings. The second-order valence-corrected chi connectivity index (χ2v) is 6.33. The zero-order valence-corrected chi connectivity index (χ0v) is 13.9. The van der Waals surface area contributed by atoms with Crippen molar-refractivity contribution in [3.8, 4) is 0 Å². The number of carbonyl (C=O) groups is 2. The highest BCUT2D eigenvalue weighted by Gasteiger charge is 2.54. The summed E-state index contributed by atoms with van der Waals surface area (Å²) in [5, 5.41) is 10.1. The molecular weight excluding hydrogens is 384 g/mol. The highest BCUT2D eigenvalue weighted by Crippen LogP contribution is 2.39. The summed E-state index contributed by atoms with van der Waals surface area (Å²) in [5.41, 5.74) is 0. The molecule has 108 valence electrons. The third-order valence-corrected chi connectivity index (χ3v) is 4.23. The number of ketones is 1. The number of amides is 1. The van der Waals surface area contributed by atoms with Crippen LogP contribution in [0.1, 0.15) is 20.8 Å². The van der Waals surface area contributed by atoms with Crippen LogP contribution in [0.15, 0.2) is 12.3 Å². The third kappa shape index (κ3) is 3.68. The van der Waals surface area contributed by atoms with Crippen molar-refractivity contribution in [2.75, 3.05) is 4.43 Å². The monoisotopic (exact) mass is 401 g/mol. The van der Waals surface area contributed by atoms with Crippen molar-refractivity contribution >= 4 is 45.9 Å². The number of aliphatic hydroxyl groups excluding tert-OH is 1. The van der Waals surface area contributed by atoms with E-state index in [1.807, 2.05) is 0 Å². The van der Waals surface area contributed by atoms with E-state index in [0.717, 1.165) is 0 Å². The molecule has 1 aliphatic heterocycles. The van der Waals surface area contributed by atoms with Crippen molar-refractivity contribution in [1.82, 2.24) is 4.90 Å². The van der Waals surface area contributed by atoms with Crippen LogP contribution >= 0.6 is 34.2 Å². The molecule has 1 heterocycles. The zero-order valence-electron chi connectivity index (χ0n) is 11.0. The van der Waals surface area contributed by atoms with Gasteiger partial charge in [-0.25, -0.2) is 0 Å². The van der Waals surface area contributed by atoms with Gasteiger partial charge in [-0.15, -0.1) is 11.6 Å². The highest BCUT2D eigenvalue weighted by atomic mass is 127. The number of allylic oxidation sites excluding steroid dienone is 1. The topological polar surface area (TPSA) is 66.8 Å². The van der Waals surface area contributed by atoms with Gasteiger partial charge in [0.2, 0.25) is 5.91 Å². The zero-order chi connectivity index (χ0) is 14.8. The van der Waals surface area contributed by atoms with E-state index in [4.69, 9.17) is 16.3 Å². The molecule has 5 nitrogen and oxygen atoms in total. The Balaban J connectivity index is 3.03. The van der Waals surface area contributed by atoms with Crippen LogP contribution in [0.25, 0.3) is 0 Å². The van der Waals surface area contributed by atoms with E-state index in [-0.39, 0.29) is 11.7 Å². The van der Waals surface area contributed by atoms with Crippen LogP contribution < -0.4 is 0 Å². The normalized spacial score (nSPS) is 34.7. The summed E-state index contributed by atoms with van der Waals surface area (Å²) < 4.78 is 6.20. The summed E-state index contributed by atoms with van der Waals surface area (Å²) in [4.78, 5) is 22.8. The van der Waals surface area contributed by atoms with Crippen LogP contribution in [0.2, 0.25) is 0 Å². The number of halogens is 2. The molecule has 0 aromatic carbocycles. The quantitative estimate of drug-likeness (QED) is 0.440. The fraction of sp³-hybridized carbons (Fsp3) is 0.667. The summed E-state index contributed by atoms with van der Waals surface area (Å²) in [6, 6.07) is 0. The van der Waals surface area contributed by atoms with Crippen LogP contribution in [0.5, 0.6) is 0 Å². The van der Waals surface area contributed by atoms with Gasteiger partial charge in [0.25, 0.3) is 0 Å². The molecule has 0 saturated carbocycles. The predicted molar refractivity (Wildman–Crippen MR) is 80.2 cm³/mol. The van der Waals surface area contributed by atoms with E-state index in [1.54, 1.807) is 6.92 Å². The fourth-order valence-electron chi connectivity index (χ4n) is 1.87. The van der Waals surface area contributed by atoms with Gasteiger partial charge in [0.1, 0.15) is 11.0 Å². The number of carbonyl (C=O) groups excluding carboxylic acids is 2. The summed E-state index contributed by atoms with van der Waals surface area (Å²) in [6.07, 6.45) is 0.473. The van der Waals surface area contributed by atoms with Gasteiger partial charge >= 0.3 is 0 Å². The van der Waals surface area contributed by atoms with Crippen molar-refractivity contribution in [3.05, 3.63) is 12.3 Å². The van der Waals surface area contributed by atoms with E-state index < -0.39 is 23.3 Å². The third-order valence-electron chi connectivity index (χ3n) is 2.96. The Morgan fingerprint density at radius 3 is 2.47 bits per heavy atom. The lowest BCUT2D eigenvalue weighted by Gasteiger charge is -2.32. The van der Waals surface area contributed by atoms with Crippen LogP contribution in [0.3, 0.4) is 0 Å². The van der Waals surface area contributed by atoms with Crippen molar-refractivity contribution < 1.29 is 19.4 Å². The number of aliphatic hydroxyl groups is 1. The molecular formula is C12H17ClINO4. The molecule has 0 aromatic rings. The standard InChI is InChI=1S/C12H17ClINO4/c1-7(16)4-5-15(8(2)17)11-12(3,13)10(18)9(6-14)19-11/h4-5,9-11,18H,6H2,1-3H3/b5-4-/t9-,10-,11-,12-/m1/s1. The van der Waals surface area contributed by atoms with Gasteiger partial charge in [0.15, 0.2) is 12.0 Å². The maximum absolute atomic E-state index is 11.7. The van der Waals surface area contributed by atoms with Gasteiger partial charge in [-0.1, -0.05) is 22.6 Å². The number of rotatable bonds is 4. The Kier molecular flexibility index (Phi) is 5.78. The Labute approximate surface area is 131 Å². The molecule has 0 unspecified atom stereocenters. The second-order valence-electron chi connectivity index (χ2n) is 4.63. The SMILES string of the molecule is CC(=O)/C=C\N(C(C)=O)[C@@H]1O[C@H](CI)[C@@H](O)[C@@]1(C)Cl. The summed E-state index contributed by atoms with van der Waals surface area (Å²) in [7, 11) is 0. The average molecular weight is 402 g/mol. The smallest absolute Gasteiger partial charge is 0.225 e. The van der Waals surface area contributed by atoms with Crippen LogP contribution in [-0.4, -0.2) is 49.4 Å². The minimum absolute atomic E-state index is 0.188. The van der Waals surface area contributed by atoms with E-state index in [9.17, 15) is 14.7 Å². The first-order valence-corrected chi connectivity index (χ1v) is 7.68. The first-order valence-electron chi connectivity index (χ1n) is 5.78. The predicted octanol–water partition coefficient (Wildman–Crippen LogP) is 1.46. The summed E-state index contributed by atoms with van der Waals surface area (Å²) in [5.74, 6) is -0.498. The lowest BCUT2D eigenvalue weighted by molar-refractivity contribution is -0.137. The number of hydrogen-bond acceptors (Lipinski definition) is 4. The van der Waals surface area contributed by atoms with Crippen molar-refractivity contribution in [2.24, 2.45) is 0 Å². The minimum atomic E-state index is -1.12. The minimum Gasteiger partial charge on any atom is -0.388 e. The molecule has 0 bridgehead atoms. The number of alkyl halides is 2. The van der Waals surface area contributed by atoms with E-state index in [0.29, 0.717) is 4.43 Å². The largest absolute Gasteiger partial charge is 0.388 e. The molecule has 7 heteroatoms. The van der Waals surface area contributed by atoms with Crippen LogP contribution in [-0.2, 0) is 14.3 Å². The Bertz CT molecular complexity index is 399. The summed E-state index contributed by atoms with van der Waals surface area (Å²) >= 11 is 8.41. The lowest BCUT2D eigenvalue weighted by Crippen LogP contribution is -2.49. The molecule has 1 aliphatic rings. The number of hydrogen-bond donors (Lipinski definition) is 1. The molecule has 0 radical (unpaired) electrons. The van der Waals surface area contributed by atoms with Crippen LogP contribution in [0.4, 0.5) is 0 Å². The molecule has 4 atom stereocenters. The van der Waals surface area contributed by atoms with Crippen LogP contribution in [0, 0.1) is 0 Å². The van der Waals surface area contributed by atoms with E-state index in [1.165, 1.54) is 31.0 Å². The molecule has 1 rings (SSSR count). The van der Waals surface area contributed by atoms with Gasteiger partial charge in [0.05, 0.1) is 6.10 Å². The van der Waals surface area contributed by atoms with Gasteiger partial charge < -0.3 is 9.84 Å². The number of nitrogens with zero attached hydrogens (tertiary/aromatic N) is 1. The molecule has 1 amide bonds. The van der Waals surface area contributed by atoms with Gasteiger partial charge in [-0.05, 0) is 19.9 Å². The maximum Gasteiger partial charge on any atom is 0.225 e. The molecule has 19 heavy (non-hydrogen) atoms. The van der Waals surface area contributed by atoms with Gasteiger partial charge in [-0.2, -0.15) is 0 Å². The Morgan fingerprint density at radius 1 is 1.53 bits per heavy atom. The van der Waals surface area contributed by atoms with Crippen molar-refractivity contribution in [3.63, 3.8) is 0 Å². The van der Waals surface area contributed by atoms with Crippen molar-refractivity contribution in [1.29, 1.82) is 0 Å². The van der Waals surface area contributed by atoms with Crippen molar-refractivity contribution in [2.45, 2.75) is 44.1 Å².